The lowest BCUT2D eigenvalue weighted by atomic mass is 10.4. The zero-order chi connectivity index (χ0) is 15.0. The van der Waals surface area contributed by atoms with Crippen LogP contribution in [0.5, 0.6) is 0 Å². The second-order valence-electron chi connectivity index (χ2n) is 4.84. The number of nitrogens with one attached hydrogen (secondary N) is 1. The van der Waals surface area contributed by atoms with Crippen LogP contribution in [0.4, 0.5) is 5.95 Å². The average molecular weight is 314 g/mol. The number of aromatic amines is 1. The van der Waals surface area contributed by atoms with Gasteiger partial charge < -0.3 is 14.2 Å². The van der Waals surface area contributed by atoms with Crippen molar-refractivity contribution in [3.63, 3.8) is 0 Å². The third-order valence-corrected chi connectivity index (χ3v) is 3.76. The summed E-state index contributed by atoms with van der Waals surface area (Å²) in [6.45, 7) is 3.06. The van der Waals surface area contributed by atoms with Gasteiger partial charge in [-0.1, -0.05) is 0 Å². The summed E-state index contributed by atoms with van der Waals surface area (Å²) >= 11 is 5.86. The summed E-state index contributed by atoms with van der Waals surface area (Å²) in [6.07, 6.45) is 0. The summed E-state index contributed by atoms with van der Waals surface area (Å²) in [5.41, 5.74) is -0.170. The standard InChI is InChI=1S/C12H16ClN5O3/c1-16-9-8(10(19)15-12(16)20)18(3-2-13)11(14-9)17-4-6-21-7-5-17/h2-7H2,1H3,(H,15,19,20). The normalized spacial score (nSPS) is 15.8. The molecule has 114 valence electrons. The van der Waals surface area contributed by atoms with E-state index in [1.54, 1.807) is 11.6 Å². The maximum atomic E-state index is 12.1. The van der Waals surface area contributed by atoms with Crippen LogP contribution in [0, 0.1) is 0 Å². The number of halogens is 1. The number of rotatable bonds is 3. The molecule has 0 unspecified atom stereocenters. The zero-order valence-electron chi connectivity index (χ0n) is 11.6. The van der Waals surface area contributed by atoms with E-state index in [0.717, 1.165) is 0 Å². The van der Waals surface area contributed by atoms with Crippen LogP contribution in [0.3, 0.4) is 0 Å². The van der Waals surface area contributed by atoms with E-state index in [1.165, 1.54) is 4.57 Å². The molecule has 2 aromatic heterocycles. The number of morpholine rings is 1. The van der Waals surface area contributed by atoms with Gasteiger partial charge in [-0.3, -0.25) is 14.3 Å². The third kappa shape index (κ3) is 2.34. The maximum absolute atomic E-state index is 12.1. The highest BCUT2D eigenvalue weighted by Crippen LogP contribution is 2.20. The van der Waals surface area contributed by atoms with E-state index in [-0.39, 0.29) is 0 Å². The minimum absolute atomic E-state index is 0.352. The van der Waals surface area contributed by atoms with E-state index in [1.807, 2.05) is 4.90 Å². The van der Waals surface area contributed by atoms with Crippen molar-refractivity contribution in [2.45, 2.75) is 6.54 Å². The van der Waals surface area contributed by atoms with Gasteiger partial charge in [0, 0.05) is 32.6 Å². The van der Waals surface area contributed by atoms with Gasteiger partial charge in [-0.2, -0.15) is 4.98 Å². The zero-order valence-corrected chi connectivity index (χ0v) is 12.4. The van der Waals surface area contributed by atoms with Crippen LogP contribution < -0.4 is 16.1 Å². The fourth-order valence-electron chi connectivity index (χ4n) is 2.52. The first-order valence-corrected chi connectivity index (χ1v) is 7.25. The largest absolute Gasteiger partial charge is 0.378 e. The number of alkyl halides is 1. The van der Waals surface area contributed by atoms with Crippen molar-refractivity contribution in [1.82, 2.24) is 19.1 Å². The van der Waals surface area contributed by atoms with Crippen LogP contribution in [0.1, 0.15) is 0 Å². The number of aryl methyl sites for hydroxylation is 2. The van der Waals surface area contributed by atoms with Gasteiger partial charge in [-0.25, -0.2) is 4.79 Å². The SMILES string of the molecule is Cn1c(=O)[nH]c(=O)c2c1nc(N1CCOCC1)n2CCCl. The fourth-order valence-corrected chi connectivity index (χ4v) is 2.69. The summed E-state index contributed by atoms with van der Waals surface area (Å²) < 4.78 is 8.44. The Morgan fingerprint density at radius 3 is 2.71 bits per heavy atom. The summed E-state index contributed by atoms with van der Waals surface area (Å²) in [5, 5.41) is 0. The molecule has 1 N–H and O–H groups in total. The second kappa shape index (κ2) is 5.53. The molecule has 3 rings (SSSR count). The first-order valence-electron chi connectivity index (χ1n) is 6.71. The summed E-state index contributed by atoms with van der Waals surface area (Å²) in [4.78, 5) is 32.7. The van der Waals surface area contributed by atoms with E-state index >= 15 is 0 Å². The Labute approximate surface area is 124 Å². The molecule has 8 nitrogen and oxygen atoms in total. The van der Waals surface area contributed by atoms with Gasteiger partial charge in [0.05, 0.1) is 13.2 Å². The van der Waals surface area contributed by atoms with Gasteiger partial charge >= 0.3 is 5.69 Å². The Balaban J connectivity index is 2.26. The lowest BCUT2D eigenvalue weighted by Gasteiger charge is -2.28. The number of ether oxygens (including phenoxy) is 1. The number of hydrogen-bond acceptors (Lipinski definition) is 5. The molecule has 0 radical (unpaired) electrons. The van der Waals surface area contributed by atoms with Crippen molar-refractivity contribution in [2.24, 2.45) is 7.05 Å². The van der Waals surface area contributed by atoms with E-state index in [0.29, 0.717) is 55.8 Å². The minimum atomic E-state index is -0.475. The Morgan fingerprint density at radius 2 is 2.05 bits per heavy atom. The lowest BCUT2D eigenvalue weighted by Crippen LogP contribution is -2.38. The van der Waals surface area contributed by atoms with Crippen molar-refractivity contribution in [3.8, 4) is 0 Å². The van der Waals surface area contributed by atoms with Crippen LogP contribution in [0.15, 0.2) is 9.59 Å². The topological polar surface area (TPSA) is 85.2 Å². The van der Waals surface area contributed by atoms with Crippen LogP contribution in [-0.2, 0) is 18.3 Å². The minimum Gasteiger partial charge on any atom is -0.378 e. The van der Waals surface area contributed by atoms with Gasteiger partial charge in [-0.15, -0.1) is 11.6 Å². The number of nitrogens with zero attached hydrogens (tertiary/aromatic N) is 4. The van der Waals surface area contributed by atoms with E-state index in [9.17, 15) is 9.59 Å². The first-order chi connectivity index (χ1) is 10.1. The molecule has 1 aliphatic heterocycles. The highest BCUT2D eigenvalue weighted by atomic mass is 35.5. The number of hydrogen-bond donors (Lipinski definition) is 1. The molecular formula is C12H16ClN5O3. The number of H-pyrrole nitrogens is 1. The van der Waals surface area contributed by atoms with Crippen molar-refractivity contribution >= 4 is 28.7 Å². The highest BCUT2D eigenvalue weighted by molar-refractivity contribution is 6.17. The predicted octanol–water partition coefficient (Wildman–Crippen LogP) is -0.501. The van der Waals surface area contributed by atoms with Crippen LogP contribution in [0.2, 0.25) is 0 Å². The quantitative estimate of drug-likeness (QED) is 0.772. The first kappa shape index (κ1) is 14.2. The van der Waals surface area contributed by atoms with Crippen molar-refractivity contribution in [1.29, 1.82) is 0 Å². The number of fused-ring (bicyclic) bond motifs is 1. The van der Waals surface area contributed by atoms with Crippen LogP contribution in [-0.4, -0.2) is 51.3 Å². The molecule has 2 aromatic rings. The van der Waals surface area contributed by atoms with Gasteiger partial charge in [-0.05, 0) is 0 Å². The molecule has 21 heavy (non-hydrogen) atoms. The molecule has 1 saturated heterocycles. The molecule has 0 bridgehead atoms. The second-order valence-corrected chi connectivity index (χ2v) is 5.22. The predicted molar refractivity (Wildman–Crippen MR) is 79.3 cm³/mol. The number of anilines is 1. The summed E-state index contributed by atoms with van der Waals surface area (Å²) in [7, 11) is 1.59. The number of imidazole rings is 1. The molecule has 0 atom stereocenters. The van der Waals surface area contributed by atoms with Crippen molar-refractivity contribution in [3.05, 3.63) is 20.8 Å². The molecule has 1 aliphatic rings. The monoisotopic (exact) mass is 313 g/mol. The molecule has 3 heterocycles. The molecule has 0 saturated carbocycles. The maximum Gasteiger partial charge on any atom is 0.329 e. The molecule has 0 amide bonds. The van der Waals surface area contributed by atoms with Gasteiger partial charge in [0.2, 0.25) is 5.95 Å². The molecule has 9 heteroatoms. The lowest BCUT2D eigenvalue weighted by molar-refractivity contribution is 0.121. The van der Waals surface area contributed by atoms with Gasteiger partial charge in [0.25, 0.3) is 5.56 Å². The smallest absolute Gasteiger partial charge is 0.329 e. The van der Waals surface area contributed by atoms with Crippen molar-refractivity contribution < 1.29 is 4.74 Å². The highest BCUT2D eigenvalue weighted by Gasteiger charge is 2.22. The third-order valence-electron chi connectivity index (χ3n) is 3.59. The van der Waals surface area contributed by atoms with Gasteiger partial charge in [0.15, 0.2) is 11.2 Å². The Bertz CT molecular complexity index is 772. The van der Waals surface area contributed by atoms with Crippen molar-refractivity contribution in [2.75, 3.05) is 37.1 Å². The van der Waals surface area contributed by atoms with E-state index in [4.69, 9.17) is 16.3 Å². The molecular weight excluding hydrogens is 298 g/mol. The molecule has 0 aliphatic carbocycles. The summed E-state index contributed by atoms with van der Waals surface area (Å²) in [5.74, 6) is 1.01. The van der Waals surface area contributed by atoms with Crippen LogP contribution in [0.25, 0.3) is 11.2 Å². The summed E-state index contributed by atoms with van der Waals surface area (Å²) in [6, 6.07) is 0. The van der Waals surface area contributed by atoms with Crippen LogP contribution >= 0.6 is 11.6 Å². The Morgan fingerprint density at radius 1 is 1.33 bits per heavy atom. The fraction of sp³-hybridized carbons (Fsp3) is 0.583. The van der Waals surface area contributed by atoms with Gasteiger partial charge in [0.1, 0.15) is 0 Å². The van der Waals surface area contributed by atoms with E-state index < -0.39 is 11.2 Å². The van der Waals surface area contributed by atoms with E-state index in [2.05, 4.69) is 9.97 Å². The molecule has 0 spiro atoms. The molecule has 1 fully saturated rings. The average Bonchev–Trinajstić information content (AvgIpc) is 2.86. The Kier molecular flexibility index (Phi) is 3.73. The Hall–Kier alpha value is -1.80. The molecule has 0 aromatic carbocycles. The number of aromatic nitrogens is 4.